The summed E-state index contributed by atoms with van der Waals surface area (Å²) in [5.74, 6) is -1.86. The van der Waals surface area contributed by atoms with Crippen molar-refractivity contribution < 1.29 is 27.6 Å². The fourth-order valence-electron chi connectivity index (χ4n) is 3.21. The van der Waals surface area contributed by atoms with Gasteiger partial charge in [-0.15, -0.1) is 0 Å². The zero-order valence-corrected chi connectivity index (χ0v) is 16.1. The van der Waals surface area contributed by atoms with Gasteiger partial charge >= 0.3 is 6.18 Å². The number of halogens is 3. The third-order valence-corrected chi connectivity index (χ3v) is 5.41. The maximum atomic E-state index is 13.2. The number of aliphatic imine (C=N–C) groups is 1. The summed E-state index contributed by atoms with van der Waals surface area (Å²) in [5.41, 5.74) is -0.551. The van der Waals surface area contributed by atoms with Gasteiger partial charge in [0, 0.05) is 12.5 Å². The lowest BCUT2D eigenvalue weighted by molar-refractivity contribution is -0.137. The third-order valence-electron chi connectivity index (χ3n) is 4.43. The van der Waals surface area contributed by atoms with Crippen molar-refractivity contribution in [3.8, 4) is 0 Å². The van der Waals surface area contributed by atoms with E-state index in [-0.39, 0.29) is 21.3 Å². The molecule has 2 aromatic rings. The second-order valence-electron chi connectivity index (χ2n) is 6.37. The van der Waals surface area contributed by atoms with Gasteiger partial charge in [-0.3, -0.25) is 14.4 Å². The molecule has 0 bridgehead atoms. The molecule has 6 nitrogen and oxygen atoms in total. The quantitative estimate of drug-likeness (QED) is 0.696. The second kappa shape index (κ2) is 7.13. The van der Waals surface area contributed by atoms with E-state index in [0.717, 1.165) is 22.7 Å². The number of imide groups is 1. The molecule has 30 heavy (non-hydrogen) atoms. The van der Waals surface area contributed by atoms with Gasteiger partial charge in [0.25, 0.3) is 11.8 Å². The summed E-state index contributed by atoms with van der Waals surface area (Å²) in [6, 6.07) is 11.2. The van der Waals surface area contributed by atoms with Crippen molar-refractivity contribution in [2.75, 3.05) is 4.90 Å². The van der Waals surface area contributed by atoms with Crippen LogP contribution in [0.5, 0.6) is 0 Å². The maximum absolute atomic E-state index is 13.2. The number of carbonyl (C=O) groups excluding carboxylic acids is 3. The van der Waals surface area contributed by atoms with E-state index in [1.807, 2.05) is 0 Å². The normalized spacial score (nSPS) is 20.0. The number of thioether (sulfide) groups is 1. The highest BCUT2D eigenvalue weighted by molar-refractivity contribution is 8.18. The molecule has 0 aromatic heterocycles. The van der Waals surface area contributed by atoms with E-state index in [4.69, 9.17) is 0 Å². The number of benzene rings is 2. The predicted octanol–water partition coefficient (Wildman–Crippen LogP) is 3.86. The highest BCUT2D eigenvalue weighted by atomic mass is 32.2. The number of para-hydroxylation sites is 2. The van der Waals surface area contributed by atoms with E-state index in [1.54, 1.807) is 24.3 Å². The first-order valence-electron chi connectivity index (χ1n) is 8.61. The van der Waals surface area contributed by atoms with Crippen LogP contribution >= 0.6 is 11.8 Å². The zero-order chi connectivity index (χ0) is 21.6. The SMILES string of the molecule is CC(=O)N1C(=O)C(=C2SC(=Nc3ccccc3C(F)(F)F)NC2=O)c2ccccc21. The first kappa shape index (κ1) is 19.9. The van der Waals surface area contributed by atoms with Crippen LogP contribution in [0.3, 0.4) is 0 Å². The number of nitrogens with one attached hydrogen (secondary N) is 1. The monoisotopic (exact) mass is 431 g/mol. The smallest absolute Gasteiger partial charge is 0.300 e. The van der Waals surface area contributed by atoms with Crippen LogP contribution in [-0.4, -0.2) is 22.9 Å². The van der Waals surface area contributed by atoms with E-state index < -0.39 is 29.5 Å². The minimum Gasteiger partial charge on any atom is -0.300 e. The van der Waals surface area contributed by atoms with Gasteiger partial charge in [-0.05, 0) is 30.0 Å². The molecule has 0 saturated carbocycles. The summed E-state index contributed by atoms with van der Waals surface area (Å²) in [4.78, 5) is 42.2. The molecule has 10 heteroatoms. The molecule has 2 aromatic carbocycles. The summed E-state index contributed by atoms with van der Waals surface area (Å²) in [6.07, 6.45) is -4.61. The van der Waals surface area contributed by atoms with Crippen molar-refractivity contribution in [3.05, 3.63) is 64.6 Å². The van der Waals surface area contributed by atoms with Crippen molar-refractivity contribution >= 4 is 51.6 Å². The minimum atomic E-state index is -4.61. The lowest BCUT2D eigenvalue weighted by Crippen LogP contribution is -2.31. The minimum absolute atomic E-state index is 0.0117. The fourth-order valence-corrected chi connectivity index (χ4v) is 4.13. The Morgan fingerprint density at radius 2 is 1.73 bits per heavy atom. The number of amides is 3. The molecule has 0 unspecified atom stereocenters. The Balaban J connectivity index is 1.79. The van der Waals surface area contributed by atoms with Gasteiger partial charge in [0.15, 0.2) is 5.17 Å². The van der Waals surface area contributed by atoms with Gasteiger partial charge in [-0.25, -0.2) is 9.89 Å². The summed E-state index contributed by atoms with van der Waals surface area (Å²) in [6.45, 7) is 1.23. The molecule has 2 aliphatic rings. The average Bonchev–Trinajstić information content (AvgIpc) is 3.17. The van der Waals surface area contributed by atoms with Gasteiger partial charge in [0.05, 0.1) is 27.4 Å². The number of anilines is 1. The Bertz CT molecular complexity index is 1170. The number of rotatable bonds is 1. The van der Waals surface area contributed by atoms with Crippen molar-refractivity contribution in [1.82, 2.24) is 5.32 Å². The molecule has 0 atom stereocenters. The Hall–Kier alpha value is -3.40. The second-order valence-corrected chi connectivity index (χ2v) is 7.37. The molecule has 2 aliphatic heterocycles. The van der Waals surface area contributed by atoms with Gasteiger partial charge in [0.1, 0.15) is 0 Å². The van der Waals surface area contributed by atoms with Crippen LogP contribution in [0.4, 0.5) is 24.5 Å². The first-order chi connectivity index (χ1) is 14.2. The van der Waals surface area contributed by atoms with Crippen LogP contribution in [0, 0.1) is 0 Å². The number of fused-ring (bicyclic) bond motifs is 1. The number of carbonyl (C=O) groups is 3. The highest BCUT2D eigenvalue weighted by Gasteiger charge is 2.41. The lowest BCUT2D eigenvalue weighted by Gasteiger charge is -2.11. The van der Waals surface area contributed by atoms with Crippen molar-refractivity contribution in [2.45, 2.75) is 13.1 Å². The number of amidine groups is 1. The Morgan fingerprint density at radius 3 is 2.43 bits per heavy atom. The molecular formula is C20H12F3N3O3S. The topological polar surface area (TPSA) is 78.8 Å². The number of nitrogens with zero attached hydrogens (tertiary/aromatic N) is 2. The largest absolute Gasteiger partial charge is 0.418 e. The predicted molar refractivity (Wildman–Crippen MR) is 106 cm³/mol. The molecule has 2 heterocycles. The van der Waals surface area contributed by atoms with Crippen LogP contribution in [0.2, 0.25) is 0 Å². The van der Waals surface area contributed by atoms with Crippen LogP contribution in [0.25, 0.3) is 5.57 Å². The van der Waals surface area contributed by atoms with Gasteiger partial charge < -0.3 is 5.32 Å². The van der Waals surface area contributed by atoms with Crippen LogP contribution in [-0.2, 0) is 20.6 Å². The molecule has 0 spiro atoms. The number of hydrogen-bond acceptors (Lipinski definition) is 5. The van der Waals surface area contributed by atoms with Gasteiger partial charge in [-0.1, -0.05) is 30.3 Å². The summed E-state index contributed by atoms with van der Waals surface area (Å²) >= 11 is 0.754. The standard InChI is InChI=1S/C20H12F3N3O3S/c1-10(27)26-14-9-5-2-6-11(14)15(18(26)29)16-17(28)25-19(30-16)24-13-8-4-3-7-12(13)20(21,22)23/h2-9H,1H3,(H,24,25,28). The Kier molecular flexibility index (Phi) is 4.73. The molecule has 3 amide bonds. The number of hydrogen-bond donors (Lipinski definition) is 1. The van der Waals surface area contributed by atoms with Crippen LogP contribution < -0.4 is 10.2 Å². The molecule has 1 N–H and O–H groups in total. The van der Waals surface area contributed by atoms with Gasteiger partial charge in [-0.2, -0.15) is 13.2 Å². The van der Waals surface area contributed by atoms with E-state index in [1.165, 1.54) is 25.1 Å². The molecule has 4 rings (SSSR count). The van der Waals surface area contributed by atoms with Crippen molar-refractivity contribution in [1.29, 1.82) is 0 Å². The van der Waals surface area contributed by atoms with E-state index in [2.05, 4.69) is 10.3 Å². The first-order valence-corrected chi connectivity index (χ1v) is 9.43. The molecular weight excluding hydrogens is 419 g/mol. The van der Waals surface area contributed by atoms with E-state index >= 15 is 0 Å². The highest BCUT2D eigenvalue weighted by Crippen LogP contribution is 2.43. The van der Waals surface area contributed by atoms with E-state index in [9.17, 15) is 27.6 Å². The lowest BCUT2D eigenvalue weighted by atomic mass is 10.1. The fraction of sp³-hybridized carbons (Fsp3) is 0.100. The third kappa shape index (κ3) is 3.28. The van der Waals surface area contributed by atoms with Crippen LogP contribution in [0.1, 0.15) is 18.1 Å². The van der Waals surface area contributed by atoms with E-state index in [0.29, 0.717) is 11.3 Å². The Labute approximate surface area is 172 Å². The van der Waals surface area contributed by atoms with Crippen molar-refractivity contribution in [2.24, 2.45) is 4.99 Å². The number of alkyl halides is 3. The van der Waals surface area contributed by atoms with Crippen LogP contribution in [0.15, 0.2) is 58.4 Å². The van der Waals surface area contributed by atoms with Crippen molar-refractivity contribution in [3.63, 3.8) is 0 Å². The summed E-state index contributed by atoms with van der Waals surface area (Å²) in [7, 11) is 0. The molecule has 1 fully saturated rings. The zero-order valence-electron chi connectivity index (χ0n) is 15.3. The van der Waals surface area contributed by atoms with Gasteiger partial charge in [0.2, 0.25) is 5.91 Å². The average molecular weight is 431 g/mol. The molecule has 1 saturated heterocycles. The Morgan fingerprint density at radius 1 is 1.07 bits per heavy atom. The summed E-state index contributed by atoms with van der Waals surface area (Å²) < 4.78 is 39.6. The maximum Gasteiger partial charge on any atom is 0.418 e. The summed E-state index contributed by atoms with van der Waals surface area (Å²) in [5, 5.41) is 2.30. The molecule has 0 radical (unpaired) electrons. The molecule has 152 valence electrons. The molecule has 0 aliphatic carbocycles.